The molecule has 3 fully saturated rings. The van der Waals surface area contributed by atoms with E-state index in [1.165, 1.54) is 18.0 Å². The number of rotatable bonds is 5. The molecule has 1 aromatic carbocycles. The minimum atomic E-state index is -2.78. The number of ether oxygens (including phenoxy) is 1. The Morgan fingerprint density at radius 3 is 2.34 bits per heavy atom. The van der Waals surface area contributed by atoms with E-state index in [1.807, 2.05) is 30.9 Å². The topological polar surface area (TPSA) is 89.8 Å². The average Bonchev–Trinajstić information content (AvgIpc) is 2.76. The Morgan fingerprint density at radius 1 is 1.11 bits per heavy atom. The molecule has 1 N–H and O–H groups in total. The summed E-state index contributed by atoms with van der Waals surface area (Å²) < 4.78 is 25.6. The van der Waals surface area contributed by atoms with Crippen molar-refractivity contribution in [3.05, 3.63) is 54.2 Å². The normalized spacial score (nSPS) is 26.0. The number of anilines is 1. The van der Waals surface area contributed by atoms with Gasteiger partial charge in [-0.05, 0) is 44.4 Å². The lowest BCUT2D eigenvalue weighted by molar-refractivity contribution is -0.137. The second kappa shape index (κ2) is 9.09. The van der Waals surface area contributed by atoms with E-state index in [1.54, 1.807) is 6.07 Å². The van der Waals surface area contributed by atoms with Gasteiger partial charge in [-0.1, -0.05) is 30.3 Å². The molecule has 2 aliphatic heterocycles. The molecule has 1 unspecified atom stereocenters. The summed E-state index contributed by atoms with van der Waals surface area (Å²) in [6.07, 6.45) is 4.64. The zero-order valence-electron chi connectivity index (χ0n) is 20.7. The first-order valence-electron chi connectivity index (χ1n) is 12.3. The van der Waals surface area contributed by atoms with Crippen molar-refractivity contribution in [2.75, 3.05) is 37.3 Å². The van der Waals surface area contributed by atoms with Gasteiger partial charge in [-0.3, -0.25) is 9.80 Å². The quantitative estimate of drug-likeness (QED) is 0.676. The van der Waals surface area contributed by atoms with Crippen molar-refractivity contribution in [1.29, 1.82) is 4.78 Å². The van der Waals surface area contributed by atoms with Gasteiger partial charge >= 0.3 is 6.09 Å². The second-order valence-electron chi connectivity index (χ2n) is 10.8. The van der Waals surface area contributed by atoms with Gasteiger partial charge in [0.25, 0.3) is 0 Å². The molecule has 1 aliphatic carbocycles. The fourth-order valence-electron chi connectivity index (χ4n) is 5.97. The van der Waals surface area contributed by atoms with Gasteiger partial charge < -0.3 is 9.64 Å². The molecule has 0 bridgehead atoms. The third-order valence-corrected chi connectivity index (χ3v) is 8.72. The highest BCUT2D eigenvalue weighted by molar-refractivity contribution is 7.91. The molecule has 9 heteroatoms. The SMILES string of the molecule is C[C@@H]1CN(c2ccc(S(C)(=N)=O)cn2)C[C@H](C)N1C(=O)OC1CC2(C1)CN(Cc1ccccc1)C2. The summed E-state index contributed by atoms with van der Waals surface area (Å²) in [5.41, 5.74) is 1.67. The number of aromatic nitrogens is 1. The predicted octanol–water partition coefficient (Wildman–Crippen LogP) is 3.82. The van der Waals surface area contributed by atoms with E-state index < -0.39 is 9.73 Å². The molecule has 2 aromatic rings. The first-order chi connectivity index (χ1) is 16.6. The minimum absolute atomic E-state index is 0.0154. The predicted molar refractivity (Wildman–Crippen MR) is 136 cm³/mol. The maximum Gasteiger partial charge on any atom is 0.410 e. The second-order valence-corrected chi connectivity index (χ2v) is 12.9. The smallest absolute Gasteiger partial charge is 0.410 e. The van der Waals surface area contributed by atoms with E-state index in [0.717, 1.165) is 38.3 Å². The molecule has 5 rings (SSSR count). The Kier molecular flexibility index (Phi) is 6.25. The molecule has 3 aliphatic rings. The minimum Gasteiger partial charge on any atom is -0.446 e. The monoisotopic (exact) mass is 497 g/mol. The standard InChI is InChI=1S/C26H35N5O3S/c1-19-14-30(24-10-9-23(13-28-24)35(3,27)33)15-20(2)31(19)25(32)34-22-11-26(12-22)17-29(18-26)16-21-7-5-4-6-8-21/h4-10,13,19-20,22,27H,11-12,14-18H2,1-3H3/t19-,20+,35?. The molecular weight excluding hydrogens is 462 g/mol. The van der Waals surface area contributed by atoms with E-state index in [4.69, 9.17) is 9.52 Å². The fraction of sp³-hybridized carbons (Fsp3) is 0.538. The number of nitrogens with zero attached hydrogens (tertiary/aromatic N) is 4. The maximum absolute atomic E-state index is 13.0. The molecule has 1 aromatic heterocycles. The van der Waals surface area contributed by atoms with Crippen LogP contribution in [0.5, 0.6) is 0 Å². The lowest BCUT2D eigenvalue weighted by Crippen LogP contribution is -2.65. The van der Waals surface area contributed by atoms with Crippen molar-refractivity contribution in [2.45, 2.75) is 56.3 Å². The third-order valence-electron chi connectivity index (χ3n) is 7.58. The number of piperazine rings is 1. The Balaban J connectivity index is 1.10. The van der Waals surface area contributed by atoms with Gasteiger partial charge in [0.1, 0.15) is 11.9 Å². The summed E-state index contributed by atoms with van der Waals surface area (Å²) in [5, 5.41) is 0. The van der Waals surface area contributed by atoms with Crippen LogP contribution in [-0.4, -0.2) is 75.7 Å². The number of pyridine rings is 1. The molecule has 35 heavy (non-hydrogen) atoms. The fourth-order valence-corrected chi connectivity index (χ4v) is 6.55. The number of likely N-dealkylation sites (tertiary alicyclic amines) is 1. The van der Waals surface area contributed by atoms with Crippen LogP contribution in [0.3, 0.4) is 0 Å². The van der Waals surface area contributed by atoms with E-state index in [9.17, 15) is 9.00 Å². The molecule has 3 heterocycles. The first kappa shape index (κ1) is 24.1. The summed E-state index contributed by atoms with van der Waals surface area (Å²) >= 11 is 0. The van der Waals surface area contributed by atoms with Gasteiger partial charge in [-0.25, -0.2) is 18.8 Å². The van der Waals surface area contributed by atoms with Crippen LogP contribution in [0.4, 0.5) is 10.6 Å². The van der Waals surface area contributed by atoms with E-state index in [2.05, 4.69) is 39.0 Å². The third kappa shape index (κ3) is 5.02. The number of amides is 1. The van der Waals surface area contributed by atoms with E-state index in [-0.39, 0.29) is 24.3 Å². The van der Waals surface area contributed by atoms with Gasteiger partial charge in [0.2, 0.25) is 0 Å². The van der Waals surface area contributed by atoms with Gasteiger partial charge in [-0.15, -0.1) is 0 Å². The summed E-state index contributed by atoms with van der Waals surface area (Å²) in [6.45, 7) is 8.53. The van der Waals surface area contributed by atoms with Crippen LogP contribution in [0.15, 0.2) is 53.6 Å². The van der Waals surface area contributed by atoms with Crippen LogP contribution in [0.1, 0.15) is 32.3 Å². The first-order valence-corrected chi connectivity index (χ1v) is 14.3. The van der Waals surface area contributed by atoms with Crippen molar-refractivity contribution in [3.8, 4) is 0 Å². The van der Waals surface area contributed by atoms with Crippen molar-refractivity contribution >= 4 is 21.6 Å². The summed E-state index contributed by atoms with van der Waals surface area (Å²) in [5.74, 6) is 0.773. The summed E-state index contributed by atoms with van der Waals surface area (Å²) in [7, 11) is -2.78. The highest BCUT2D eigenvalue weighted by Crippen LogP contribution is 2.50. The van der Waals surface area contributed by atoms with Crippen molar-refractivity contribution in [2.24, 2.45) is 5.41 Å². The number of carbonyl (C=O) groups is 1. The zero-order chi connectivity index (χ0) is 24.8. The van der Waals surface area contributed by atoms with Crippen LogP contribution in [0, 0.1) is 10.2 Å². The largest absolute Gasteiger partial charge is 0.446 e. The summed E-state index contributed by atoms with van der Waals surface area (Å²) in [4.78, 5) is 24.4. The maximum atomic E-state index is 13.0. The number of carbonyl (C=O) groups excluding carboxylic acids is 1. The molecule has 8 nitrogen and oxygen atoms in total. The van der Waals surface area contributed by atoms with Gasteiger partial charge in [-0.2, -0.15) is 0 Å². The van der Waals surface area contributed by atoms with Crippen LogP contribution in [-0.2, 0) is 21.0 Å². The van der Waals surface area contributed by atoms with Crippen LogP contribution in [0.2, 0.25) is 0 Å². The van der Waals surface area contributed by atoms with Gasteiger partial charge in [0.15, 0.2) is 0 Å². The van der Waals surface area contributed by atoms with Gasteiger partial charge in [0, 0.05) is 50.6 Å². The van der Waals surface area contributed by atoms with Crippen LogP contribution in [0.25, 0.3) is 0 Å². The van der Waals surface area contributed by atoms with Crippen LogP contribution >= 0.6 is 0 Å². The molecule has 188 valence electrons. The van der Waals surface area contributed by atoms with Crippen molar-refractivity contribution in [3.63, 3.8) is 0 Å². The van der Waals surface area contributed by atoms with Crippen LogP contribution < -0.4 is 4.90 Å². The lowest BCUT2D eigenvalue weighted by atomic mass is 9.61. The molecule has 2 saturated heterocycles. The molecular formula is C26H35N5O3S. The van der Waals surface area contributed by atoms with E-state index in [0.29, 0.717) is 23.4 Å². The van der Waals surface area contributed by atoms with Gasteiger partial charge in [0.05, 0.1) is 26.7 Å². The Labute approximate surface area is 208 Å². The Bertz CT molecular complexity index is 1150. The molecule has 1 saturated carbocycles. The number of hydrogen-bond acceptors (Lipinski definition) is 7. The number of hydrogen-bond donors (Lipinski definition) is 1. The highest BCUT2D eigenvalue weighted by Gasteiger charge is 2.54. The molecule has 0 radical (unpaired) electrons. The van der Waals surface area contributed by atoms with Crippen molar-refractivity contribution in [1.82, 2.24) is 14.8 Å². The number of nitrogens with one attached hydrogen (secondary N) is 1. The Hall–Kier alpha value is -2.65. The Morgan fingerprint density at radius 2 is 1.77 bits per heavy atom. The van der Waals surface area contributed by atoms with Crippen molar-refractivity contribution < 1.29 is 13.7 Å². The molecule has 1 amide bonds. The lowest BCUT2D eigenvalue weighted by Gasteiger charge is -2.58. The molecule has 1 spiro atoms. The highest BCUT2D eigenvalue weighted by atomic mass is 32.2. The number of benzene rings is 1. The average molecular weight is 498 g/mol. The molecule has 3 atom stereocenters. The summed E-state index contributed by atoms with van der Waals surface area (Å²) in [6, 6.07) is 14.1. The zero-order valence-corrected chi connectivity index (χ0v) is 21.5. The van der Waals surface area contributed by atoms with E-state index >= 15 is 0 Å².